The molecule has 0 saturated carbocycles. The minimum absolute atomic E-state index is 0.109. The molecular formula is C18H21FN4O2. The van der Waals surface area contributed by atoms with E-state index in [1.807, 2.05) is 51.1 Å². The highest BCUT2D eigenvalue weighted by molar-refractivity contribution is 5.89. The van der Waals surface area contributed by atoms with E-state index in [-0.39, 0.29) is 36.4 Å². The number of aromatic nitrogens is 2. The number of anilines is 2. The van der Waals surface area contributed by atoms with Gasteiger partial charge in [0.05, 0.1) is 12.1 Å². The molecule has 1 aliphatic rings. The molecule has 0 spiro atoms. The van der Waals surface area contributed by atoms with Crippen LogP contribution in [0.25, 0.3) is 0 Å². The molecule has 0 unspecified atom stereocenters. The lowest BCUT2D eigenvalue weighted by Crippen LogP contribution is -2.38. The zero-order chi connectivity index (χ0) is 18.0. The monoisotopic (exact) mass is 344 g/mol. The van der Waals surface area contributed by atoms with Crippen molar-refractivity contribution < 1.29 is 13.9 Å². The molecule has 0 bridgehead atoms. The zero-order valence-electron chi connectivity index (χ0n) is 14.4. The smallest absolute Gasteiger partial charge is 0.415 e. The number of hydrogen-bond acceptors (Lipinski definition) is 5. The summed E-state index contributed by atoms with van der Waals surface area (Å²) in [5, 5.41) is 3.08. The molecule has 1 saturated heterocycles. The fraction of sp³-hybridized carbons (Fsp3) is 0.389. The van der Waals surface area contributed by atoms with E-state index in [1.165, 1.54) is 4.90 Å². The summed E-state index contributed by atoms with van der Waals surface area (Å²) in [5.74, 6) is -0.205. The number of hydrogen-bond donors (Lipinski definition) is 1. The fourth-order valence-electron chi connectivity index (χ4n) is 2.80. The Hall–Kier alpha value is -2.70. The van der Waals surface area contributed by atoms with Gasteiger partial charge in [0, 0.05) is 6.07 Å². The number of rotatable bonds is 5. The van der Waals surface area contributed by atoms with Gasteiger partial charge in [-0.2, -0.15) is 14.4 Å². The number of amides is 1. The van der Waals surface area contributed by atoms with Crippen LogP contribution in [0.2, 0.25) is 0 Å². The van der Waals surface area contributed by atoms with Crippen molar-refractivity contribution in [3.63, 3.8) is 0 Å². The van der Waals surface area contributed by atoms with Crippen LogP contribution in [0.15, 0.2) is 36.4 Å². The van der Waals surface area contributed by atoms with Crippen molar-refractivity contribution in [3.05, 3.63) is 47.9 Å². The van der Waals surface area contributed by atoms with Crippen LogP contribution in [0.3, 0.4) is 0 Å². The first-order valence-electron chi connectivity index (χ1n) is 8.27. The minimum atomic E-state index is -0.699. The molecule has 2 atom stereocenters. The molecule has 132 valence electrons. The van der Waals surface area contributed by atoms with E-state index in [0.29, 0.717) is 0 Å². The number of carbonyl (C=O) groups is 1. The van der Waals surface area contributed by atoms with E-state index in [2.05, 4.69) is 15.3 Å². The molecule has 1 aromatic carbocycles. The van der Waals surface area contributed by atoms with Gasteiger partial charge in [-0.05, 0) is 18.4 Å². The Balaban J connectivity index is 1.87. The molecular weight excluding hydrogens is 323 g/mol. The molecule has 2 aromatic rings. The van der Waals surface area contributed by atoms with E-state index in [9.17, 15) is 9.18 Å². The second kappa shape index (κ2) is 7.04. The number of nitrogens with one attached hydrogen (secondary N) is 1. The van der Waals surface area contributed by atoms with Crippen molar-refractivity contribution in [1.29, 1.82) is 0 Å². The Morgan fingerprint density at radius 3 is 2.64 bits per heavy atom. The molecule has 2 heterocycles. The van der Waals surface area contributed by atoms with Crippen LogP contribution in [0, 0.1) is 11.9 Å². The highest BCUT2D eigenvalue weighted by Crippen LogP contribution is 2.27. The van der Waals surface area contributed by atoms with E-state index < -0.39 is 12.0 Å². The Kier molecular flexibility index (Phi) is 4.83. The van der Waals surface area contributed by atoms with Crippen LogP contribution < -0.4 is 10.2 Å². The summed E-state index contributed by atoms with van der Waals surface area (Å²) in [6.07, 6.45) is -0.515. The van der Waals surface area contributed by atoms with Gasteiger partial charge in [0.25, 0.3) is 0 Å². The number of ether oxygens (including phenoxy) is 1. The maximum atomic E-state index is 14.0. The second-order valence-electron chi connectivity index (χ2n) is 6.41. The summed E-state index contributed by atoms with van der Waals surface area (Å²) < 4.78 is 19.1. The maximum absolute atomic E-state index is 14.0. The van der Waals surface area contributed by atoms with Crippen molar-refractivity contribution in [1.82, 2.24) is 9.97 Å². The van der Waals surface area contributed by atoms with E-state index in [1.54, 1.807) is 0 Å². The summed E-state index contributed by atoms with van der Waals surface area (Å²) in [5.41, 5.74) is 1.03. The van der Waals surface area contributed by atoms with Gasteiger partial charge in [-0.15, -0.1) is 0 Å². The number of halogens is 1. The number of carbonyl (C=O) groups excluding carboxylic acids is 1. The predicted molar refractivity (Wildman–Crippen MR) is 92.9 cm³/mol. The largest absolute Gasteiger partial charge is 0.447 e. The fourth-order valence-corrected chi connectivity index (χ4v) is 2.80. The lowest BCUT2D eigenvalue weighted by atomic mass is 10.0. The van der Waals surface area contributed by atoms with E-state index in [0.717, 1.165) is 11.6 Å². The highest BCUT2D eigenvalue weighted by atomic mass is 19.1. The third-order valence-corrected chi connectivity index (χ3v) is 4.25. The number of benzene rings is 1. The zero-order valence-corrected chi connectivity index (χ0v) is 14.4. The molecule has 1 amide bonds. The van der Waals surface area contributed by atoms with Gasteiger partial charge in [-0.1, -0.05) is 44.2 Å². The van der Waals surface area contributed by atoms with Crippen LogP contribution in [-0.4, -0.2) is 28.7 Å². The summed E-state index contributed by atoms with van der Waals surface area (Å²) in [7, 11) is 0. The van der Waals surface area contributed by atoms with Crippen molar-refractivity contribution in [3.8, 4) is 0 Å². The standard InChI is InChI=1S/C18H21FN4O2/c1-11(2)14-10-25-18(24)23(14)16-9-15(19)21-17(22-16)20-12(3)13-7-5-4-6-8-13/h4-9,11-12,14H,10H2,1-3H3,(H,20,21,22)/t12-,14+/m0/s1. The van der Waals surface area contributed by atoms with Gasteiger partial charge in [0.15, 0.2) is 0 Å². The van der Waals surface area contributed by atoms with Gasteiger partial charge in [0.2, 0.25) is 11.9 Å². The van der Waals surface area contributed by atoms with Crippen molar-refractivity contribution in [2.75, 3.05) is 16.8 Å². The third-order valence-electron chi connectivity index (χ3n) is 4.25. The van der Waals surface area contributed by atoms with Gasteiger partial charge in [-0.3, -0.25) is 4.90 Å². The average molecular weight is 344 g/mol. The van der Waals surface area contributed by atoms with Gasteiger partial charge in [-0.25, -0.2) is 4.79 Å². The van der Waals surface area contributed by atoms with Gasteiger partial charge >= 0.3 is 6.09 Å². The lowest BCUT2D eigenvalue weighted by molar-refractivity contribution is 0.177. The molecule has 0 radical (unpaired) electrons. The number of cyclic esters (lactones) is 1. The SMILES string of the molecule is CC(C)[C@H]1COC(=O)N1c1cc(F)nc(N[C@@H](C)c2ccccc2)n1. The summed E-state index contributed by atoms with van der Waals surface area (Å²) >= 11 is 0. The second-order valence-corrected chi connectivity index (χ2v) is 6.41. The Bertz CT molecular complexity index is 754. The van der Waals surface area contributed by atoms with E-state index >= 15 is 0 Å². The van der Waals surface area contributed by atoms with Crippen molar-refractivity contribution >= 4 is 17.9 Å². The summed E-state index contributed by atoms with van der Waals surface area (Å²) in [4.78, 5) is 21.6. The number of nitrogens with zero attached hydrogens (tertiary/aromatic N) is 3. The molecule has 1 aliphatic heterocycles. The minimum Gasteiger partial charge on any atom is -0.447 e. The van der Waals surface area contributed by atoms with Crippen LogP contribution in [0.1, 0.15) is 32.4 Å². The average Bonchev–Trinajstić information content (AvgIpc) is 2.97. The van der Waals surface area contributed by atoms with Gasteiger partial charge in [0.1, 0.15) is 12.4 Å². The first-order chi connectivity index (χ1) is 12.0. The summed E-state index contributed by atoms with van der Waals surface area (Å²) in [6.45, 7) is 6.16. The van der Waals surface area contributed by atoms with Gasteiger partial charge < -0.3 is 10.1 Å². The first kappa shape index (κ1) is 17.1. The molecule has 1 N–H and O–H groups in total. The van der Waals surface area contributed by atoms with Crippen LogP contribution in [-0.2, 0) is 4.74 Å². The molecule has 3 rings (SSSR count). The topological polar surface area (TPSA) is 67.3 Å². The van der Waals surface area contributed by atoms with Crippen LogP contribution in [0.4, 0.5) is 21.0 Å². The lowest BCUT2D eigenvalue weighted by Gasteiger charge is -2.24. The van der Waals surface area contributed by atoms with Crippen LogP contribution in [0.5, 0.6) is 0 Å². The molecule has 7 heteroatoms. The Morgan fingerprint density at radius 2 is 1.96 bits per heavy atom. The highest BCUT2D eigenvalue weighted by Gasteiger charge is 2.37. The van der Waals surface area contributed by atoms with Crippen molar-refractivity contribution in [2.24, 2.45) is 5.92 Å². The van der Waals surface area contributed by atoms with E-state index in [4.69, 9.17) is 4.74 Å². The molecule has 6 nitrogen and oxygen atoms in total. The molecule has 1 aromatic heterocycles. The van der Waals surface area contributed by atoms with Crippen LogP contribution >= 0.6 is 0 Å². The Labute approximate surface area is 146 Å². The molecule has 0 aliphatic carbocycles. The summed E-state index contributed by atoms with van der Waals surface area (Å²) in [6, 6.07) is 10.6. The Morgan fingerprint density at radius 1 is 1.24 bits per heavy atom. The molecule has 25 heavy (non-hydrogen) atoms. The first-order valence-corrected chi connectivity index (χ1v) is 8.27. The normalized spacial score (nSPS) is 18.4. The van der Waals surface area contributed by atoms with Crippen molar-refractivity contribution in [2.45, 2.75) is 32.9 Å². The maximum Gasteiger partial charge on any atom is 0.415 e. The predicted octanol–water partition coefficient (Wildman–Crippen LogP) is 3.77. The molecule has 1 fully saturated rings. The third kappa shape index (κ3) is 3.70. The quantitative estimate of drug-likeness (QED) is 0.836.